The third-order valence-electron chi connectivity index (χ3n) is 10.1. The molecule has 9 nitrogen and oxygen atoms in total. The smallest absolute Gasteiger partial charge is 0.315 e. The van der Waals surface area contributed by atoms with Crippen molar-refractivity contribution in [1.29, 1.82) is 0 Å². The molecule has 0 aromatic rings. The topological polar surface area (TPSA) is 131 Å². The Hall–Kier alpha value is -1.87. The molecule has 3 amide bonds. The highest BCUT2D eigenvalue weighted by atomic mass is 16.7. The Morgan fingerprint density at radius 3 is 1.73 bits per heavy atom. The molecule has 2 atom stereocenters. The molecule has 2 fully saturated rings. The highest BCUT2D eigenvalue weighted by Gasteiger charge is 2.51. The summed E-state index contributed by atoms with van der Waals surface area (Å²) >= 11 is 0. The quantitative estimate of drug-likeness (QED) is 0.0975. The van der Waals surface area contributed by atoms with E-state index in [1.807, 2.05) is 13.8 Å². The van der Waals surface area contributed by atoms with Gasteiger partial charge in [-0.2, -0.15) is 0 Å². The van der Waals surface area contributed by atoms with Gasteiger partial charge in [0.2, 0.25) is 5.91 Å². The van der Waals surface area contributed by atoms with Crippen molar-refractivity contribution >= 4 is 17.9 Å². The zero-order chi connectivity index (χ0) is 33.3. The van der Waals surface area contributed by atoms with E-state index in [0.29, 0.717) is 26.0 Å². The summed E-state index contributed by atoms with van der Waals surface area (Å²) in [5, 5.41) is 13.2. The monoisotopic (exact) mass is 638 g/mol. The van der Waals surface area contributed by atoms with Crippen molar-refractivity contribution in [2.75, 3.05) is 19.7 Å². The Morgan fingerprint density at radius 2 is 1.29 bits per heavy atom. The molecule has 2 unspecified atom stereocenters. The van der Waals surface area contributed by atoms with Crippen LogP contribution in [0.25, 0.3) is 0 Å². The number of ether oxygens (including phenoxy) is 2. The first-order valence-corrected chi connectivity index (χ1v) is 18.3. The minimum Gasteiger partial charge on any atom is -0.481 e. The van der Waals surface area contributed by atoms with Crippen molar-refractivity contribution in [3.05, 3.63) is 0 Å². The molecule has 4 N–H and O–H groups in total. The molecular weight excluding hydrogens is 570 g/mol. The minimum absolute atomic E-state index is 0.0892. The van der Waals surface area contributed by atoms with E-state index in [4.69, 9.17) is 15.2 Å². The van der Waals surface area contributed by atoms with E-state index in [0.717, 1.165) is 32.1 Å². The Morgan fingerprint density at radius 1 is 0.822 bits per heavy atom. The van der Waals surface area contributed by atoms with Gasteiger partial charge in [-0.25, -0.2) is 4.79 Å². The van der Waals surface area contributed by atoms with Crippen LogP contribution < -0.4 is 11.1 Å². The van der Waals surface area contributed by atoms with Gasteiger partial charge in [-0.1, -0.05) is 130 Å². The molecule has 1 heterocycles. The molecule has 0 spiro atoms. The third kappa shape index (κ3) is 13.0. The fraction of sp³-hybridized carbons (Fsp3) is 0.917. The van der Waals surface area contributed by atoms with Crippen molar-refractivity contribution in [3.63, 3.8) is 0 Å². The van der Waals surface area contributed by atoms with E-state index in [2.05, 4.69) is 12.2 Å². The molecular formula is C36H67N3O6. The lowest BCUT2D eigenvalue weighted by Gasteiger charge is -2.46. The van der Waals surface area contributed by atoms with E-state index in [-0.39, 0.29) is 12.5 Å². The summed E-state index contributed by atoms with van der Waals surface area (Å²) in [4.78, 5) is 40.4. The first kappa shape index (κ1) is 39.3. The lowest BCUT2D eigenvalue weighted by atomic mass is 9.79. The molecule has 0 aromatic heterocycles. The lowest BCUT2D eigenvalue weighted by molar-refractivity contribution is -0.304. The van der Waals surface area contributed by atoms with Gasteiger partial charge in [0.15, 0.2) is 5.79 Å². The van der Waals surface area contributed by atoms with Crippen molar-refractivity contribution in [2.45, 2.75) is 180 Å². The number of hydrogen-bond donors (Lipinski definition) is 3. The predicted molar refractivity (Wildman–Crippen MR) is 180 cm³/mol. The molecule has 1 aliphatic heterocycles. The van der Waals surface area contributed by atoms with E-state index < -0.39 is 40.8 Å². The summed E-state index contributed by atoms with van der Waals surface area (Å²) in [5.74, 6) is -3.26. The largest absolute Gasteiger partial charge is 0.481 e. The number of rotatable bonds is 23. The summed E-state index contributed by atoms with van der Waals surface area (Å²) in [6, 6.07) is -0.578. The Bertz CT molecular complexity index is 886. The molecule has 45 heavy (non-hydrogen) atoms. The van der Waals surface area contributed by atoms with Gasteiger partial charge >= 0.3 is 12.0 Å². The van der Waals surface area contributed by atoms with Crippen molar-refractivity contribution in [2.24, 2.45) is 17.1 Å². The van der Waals surface area contributed by atoms with Gasteiger partial charge in [-0.3, -0.25) is 9.59 Å². The highest BCUT2D eigenvalue weighted by Crippen LogP contribution is 2.42. The number of aliphatic carboxylic acids is 1. The highest BCUT2D eigenvalue weighted by molar-refractivity contribution is 5.83. The van der Waals surface area contributed by atoms with Gasteiger partial charge < -0.3 is 30.5 Å². The van der Waals surface area contributed by atoms with Crippen LogP contribution in [0.3, 0.4) is 0 Å². The number of carbonyl (C=O) groups is 3. The van der Waals surface area contributed by atoms with Crippen molar-refractivity contribution < 1.29 is 29.0 Å². The van der Waals surface area contributed by atoms with E-state index in [1.165, 1.54) is 83.5 Å². The number of primary amides is 1. The minimum atomic E-state index is -1.03. The second-order valence-electron chi connectivity index (χ2n) is 14.9. The van der Waals surface area contributed by atoms with E-state index in [9.17, 15) is 19.5 Å². The van der Waals surface area contributed by atoms with Gasteiger partial charge in [-0.15, -0.1) is 0 Å². The zero-order valence-corrected chi connectivity index (χ0v) is 29.4. The van der Waals surface area contributed by atoms with Crippen LogP contribution in [0.5, 0.6) is 0 Å². The van der Waals surface area contributed by atoms with E-state index in [1.54, 1.807) is 18.7 Å². The van der Waals surface area contributed by atoms with Crippen LogP contribution in [-0.2, 0) is 19.1 Å². The van der Waals surface area contributed by atoms with E-state index >= 15 is 0 Å². The summed E-state index contributed by atoms with van der Waals surface area (Å²) in [6.45, 7) is 10.3. The van der Waals surface area contributed by atoms with Crippen LogP contribution in [-0.4, -0.2) is 65.0 Å². The Labute approximate surface area is 274 Å². The standard InChI is InChI=1S/C36H67N3O6/c1-6-7-8-9-10-11-12-13-14-15-16-17-18-19-20-23-26-39(33(37)43)36(24-21-22-25-36)29(32(41)42)27-38-31(40)30-34(2,3)28-44-35(4,5)45-30/h29-30H,6-28H2,1-5H3,(H2,37,43)(H,38,40)(H,41,42). The number of amides is 3. The first-order chi connectivity index (χ1) is 21.4. The molecule has 262 valence electrons. The molecule has 0 aromatic carbocycles. The van der Waals surface area contributed by atoms with Crippen LogP contribution in [0.2, 0.25) is 0 Å². The number of nitrogens with two attached hydrogens (primary N) is 1. The number of carboxylic acids is 1. The van der Waals surface area contributed by atoms with Gasteiger partial charge in [0, 0.05) is 18.5 Å². The van der Waals surface area contributed by atoms with Gasteiger partial charge in [0.25, 0.3) is 0 Å². The van der Waals surface area contributed by atoms with Crippen LogP contribution in [0.4, 0.5) is 4.79 Å². The number of hydrogen-bond acceptors (Lipinski definition) is 5. The van der Waals surface area contributed by atoms with Crippen LogP contribution >= 0.6 is 0 Å². The summed E-state index contributed by atoms with van der Waals surface area (Å²) in [6.07, 6.45) is 22.2. The lowest BCUT2D eigenvalue weighted by Crippen LogP contribution is -2.62. The fourth-order valence-electron chi connectivity index (χ4n) is 7.29. The molecule has 2 rings (SSSR count). The van der Waals surface area contributed by atoms with Gasteiger partial charge in [0.1, 0.15) is 6.10 Å². The zero-order valence-electron chi connectivity index (χ0n) is 29.4. The second-order valence-corrected chi connectivity index (χ2v) is 14.9. The third-order valence-corrected chi connectivity index (χ3v) is 10.1. The average molecular weight is 638 g/mol. The summed E-state index contributed by atoms with van der Waals surface area (Å²) in [5.41, 5.74) is 4.43. The maximum atomic E-state index is 13.3. The number of nitrogens with one attached hydrogen (secondary N) is 1. The second kappa shape index (κ2) is 19.7. The first-order valence-electron chi connectivity index (χ1n) is 18.3. The van der Waals surface area contributed by atoms with Crippen LogP contribution in [0.1, 0.15) is 163 Å². The predicted octanol–water partition coefficient (Wildman–Crippen LogP) is 7.94. The number of nitrogens with zero attached hydrogens (tertiary/aromatic N) is 1. The maximum absolute atomic E-state index is 13.3. The average Bonchev–Trinajstić information content (AvgIpc) is 3.46. The summed E-state index contributed by atoms with van der Waals surface area (Å²) < 4.78 is 11.7. The van der Waals surface area contributed by atoms with Crippen LogP contribution in [0, 0.1) is 11.3 Å². The maximum Gasteiger partial charge on any atom is 0.315 e. The molecule has 1 aliphatic carbocycles. The number of carbonyl (C=O) groups excluding carboxylic acids is 2. The van der Waals surface area contributed by atoms with Crippen molar-refractivity contribution in [3.8, 4) is 0 Å². The molecule has 9 heteroatoms. The Balaban J connectivity index is 1.79. The summed E-state index contributed by atoms with van der Waals surface area (Å²) in [7, 11) is 0. The van der Waals surface area contributed by atoms with Gasteiger partial charge in [-0.05, 0) is 33.1 Å². The fourth-order valence-corrected chi connectivity index (χ4v) is 7.29. The number of carboxylic acid groups (broad SMARTS) is 1. The molecule has 0 radical (unpaired) electrons. The SMILES string of the molecule is CCCCCCCCCCCCCCCCCCN(C(N)=O)C1(C(CNC(=O)C2OC(C)(C)OCC2(C)C)C(=O)O)CCCC1. The normalized spacial score (nSPS) is 20.9. The molecule has 1 saturated heterocycles. The van der Waals surface area contributed by atoms with Crippen LogP contribution in [0.15, 0.2) is 0 Å². The molecule has 2 aliphatic rings. The number of unbranched alkanes of at least 4 members (excludes halogenated alkanes) is 15. The number of urea groups is 1. The Kier molecular flexibility index (Phi) is 17.2. The molecule has 0 bridgehead atoms. The van der Waals surface area contributed by atoms with Gasteiger partial charge in [0.05, 0.1) is 18.1 Å². The van der Waals surface area contributed by atoms with Crippen molar-refractivity contribution in [1.82, 2.24) is 10.2 Å². The molecule has 1 saturated carbocycles.